The van der Waals surface area contributed by atoms with Gasteiger partial charge in [-0.2, -0.15) is 8.78 Å². The van der Waals surface area contributed by atoms with E-state index < -0.39 is 12.6 Å². The minimum Gasteiger partial charge on any atom is -0.436 e. The lowest BCUT2D eigenvalue weighted by Crippen LogP contribution is -2.56. The quantitative estimate of drug-likeness (QED) is 0.260. The average Bonchev–Trinajstić information content (AvgIpc) is 3.56. The maximum atomic E-state index is 14.0. The molecule has 12 nitrogen and oxygen atoms in total. The topological polar surface area (TPSA) is 135 Å². The maximum absolute atomic E-state index is 14.0. The molecule has 3 atom stereocenters. The van der Waals surface area contributed by atoms with Crippen LogP contribution < -0.4 is 5.32 Å². The van der Waals surface area contributed by atoms with E-state index in [1.54, 1.807) is 36.5 Å². The highest BCUT2D eigenvalue weighted by atomic mass is 19.3. The van der Waals surface area contributed by atoms with E-state index in [0.717, 1.165) is 31.2 Å². The van der Waals surface area contributed by atoms with Crippen LogP contribution in [0.5, 0.6) is 0 Å². The fourth-order valence-electron chi connectivity index (χ4n) is 6.60. The monoisotopic (exact) mass is 625 g/mol. The van der Waals surface area contributed by atoms with Crippen LogP contribution in [0, 0.1) is 5.92 Å². The fraction of sp³-hybridized carbons (Fsp3) is 0.344. The fourth-order valence-corrected chi connectivity index (χ4v) is 6.60. The second-order valence-corrected chi connectivity index (χ2v) is 12.0. The highest BCUT2D eigenvalue weighted by Gasteiger charge is 2.46. The summed E-state index contributed by atoms with van der Waals surface area (Å²) in [5.74, 6) is 0.456. The highest BCUT2D eigenvalue weighted by molar-refractivity contribution is 5.96. The molecule has 0 spiro atoms. The number of oxazole rings is 1. The summed E-state index contributed by atoms with van der Waals surface area (Å²) in [6.07, 6.45) is 5.01. The first kappa shape index (κ1) is 28.4. The van der Waals surface area contributed by atoms with Crippen LogP contribution in [0.2, 0.25) is 0 Å². The molecule has 14 heteroatoms. The first-order valence-corrected chi connectivity index (χ1v) is 15.3. The number of rotatable bonds is 8. The molecule has 1 aliphatic carbocycles. The molecule has 2 unspecified atom stereocenters. The molecule has 2 saturated heterocycles. The van der Waals surface area contributed by atoms with Gasteiger partial charge in [-0.15, -0.1) is 10.2 Å². The van der Waals surface area contributed by atoms with Crippen LogP contribution in [0.15, 0.2) is 71.3 Å². The lowest BCUT2D eigenvalue weighted by atomic mass is 10.0. The third-order valence-corrected chi connectivity index (χ3v) is 8.92. The summed E-state index contributed by atoms with van der Waals surface area (Å²) in [5.41, 5.74) is 3.58. The predicted molar refractivity (Wildman–Crippen MR) is 161 cm³/mol. The summed E-state index contributed by atoms with van der Waals surface area (Å²) in [6.45, 7) is -1.87. The molecular weight excluding hydrogens is 596 g/mol. The molecule has 2 aromatic carbocycles. The van der Waals surface area contributed by atoms with E-state index >= 15 is 0 Å². The molecule has 2 amide bonds. The molecule has 5 heterocycles. The molecule has 3 aliphatic rings. The normalized spacial score (nSPS) is 20.4. The highest BCUT2D eigenvalue weighted by Crippen LogP contribution is 2.38. The molecule has 2 aliphatic heterocycles. The van der Waals surface area contributed by atoms with Gasteiger partial charge in [-0.25, -0.2) is 4.98 Å². The Morgan fingerprint density at radius 1 is 0.957 bits per heavy atom. The van der Waals surface area contributed by atoms with Gasteiger partial charge in [0.2, 0.25) is 11.8 Å². The Morgan fingerprint density at radius 3 is 2.46 bits per heavy atom. The van der Waals surface area contributed by atoms with E-state index in [4.69, 9.17) is 4.42 Å². The summed E-state index contributed by atoms with van der Waals surface area (Å²) in [4.78, 5) is 39.5. The van der Waals surface area contributed by atoms with Crippen LogP contribution in [-0.4, -0.2) is 77.0 Å². The Kier molecular flexibility index (Phi) is 7.00. The molecule has 234 valence electrons. The Morgan fingerprint density at radius 2 is 1.74 bits per heavy atom. The molecule has 2 bridgehead atoms. The number of pyridine rings is 1. The van der Waals surface area contributed by atoms with E-state index in [0.29, 0.717) is 46.1 Å². The standard InChI is InChI=1S/C32H29F2N9O3/c33-32(34)43-39-28(38-40-43)27(18-4-2-1-3-5-18)41-16-22-9-10-23(17-41)42(22)31(45)25-14-20(12-13-35-25)30-37-24-15-21(8-11-26(24)46-30)36-29(44)19-6-7-19/h1-5,8,11-15,19,22-23,27,32H,6-7,9-10,16-17H2,(H,36,44)/t22?,23?,27-/m0/s1. The minimum atomic E-state index is -2.89. The summed E-state index contributed by atoms with van der Waals surface area (Å²) in [5, 5.41) is 14.5. The van der Waals surface area contributed by atoms with Gasteiger partial charge in [0, 0.05) is 48.5 Å². The molecular formula is C32H29F2N9O3. The number of hydrogen-bond acceptors (Lipinski definition) is 9. The van der Waals surface area contributed by atoms with Crippen molar-refractivity contribution < 1.29 is 22.8 Å². The van der Waals surface area contributed by atoms with Gasteiger partial charge in [-0.1, -0.05) is 35.1 Å². The number of fused-ring (bicyclic) bond motifs is 3. The van der Waals surface area contributed by atoms with Crippen molar-refractivity contribution in [3.05, 3.63) is 83.9 Å². The lowest BCUT2D eigenvalue weighted by molar-refractivity contribution is -0.117. The first-order chi connectivity index (χ1) is 22.4. The van der Waals surface area contributed by atoms with Gasteiger partial charge < -0.3 is 14.6 Å². The molecule has 1 saturated carbocycles. The van der Waals surface area contributed by atoms with Crippen LogP contribution in [0.4, 0.5) is 14.5 Å². The number of carbonyl (C=O) groups excluding carboxylic acids is 2. The van der Waals surface area contributed by atoms with Crippen molar-refractivity contribution in [3.63, 3.8) is 0 Å². The van der Waals surface area contributed by atoms with E-state index in [2.05, 4.69) is 35.6 Å². The second-order valence-electron chi connectivity index (χ2n) is 12.0. The average molecular weight is 626 g/mol. The van der Waals surface area contributed by atoms with Crippen LogP contribution in [-0.2, 0) is 4.79 Å². The third kappa shape index (κ3) is 5.27. The molecule has 46 heavy (non-hydrogen) atoms. The van der Waals surface area contributed by atoms with E-state index in [1.165, 1.54) is 0 Å². The van der Waals surface area contributed by atoms with Crippen molar-refractivity contribution in [2.75, 3.05) is 18.4 Å². The number of aromatic nitrogens is 6. The Balaban J connectivity index is 1.02. The summed E-state index contributed by atoms with van der Waals surface area (Å²) in [6, 6.07) is 17.5. The number of nitrogens with one attached hydrogen (secondary N) is 1. The van der Waals surface area contributed by atoms with E-state index in [1.807, 2.05) is 35.2 Å². The van der Waals surface area contributed by atoms with Gasteiger partial charge in [-0.05, 0) is 66.8 Å². The van der Waals surface area contributed by atoms with E-state index in [9.17, 15) is 18.4 Å². The molecule has 3 fully saturated rings. The number of likely N-dealkylation sites (tertiary alicyclic amines) is 1. The Hall–Kier alpha value is -5.11. The molecule has 5 aromatic rings. The van der Waals surface area contributed by atoms with Crippen LogP contribution in [0.3, 0.4) is 0 Å². The van der Waals surface area contributed by atoms with Crippen molar-refractivity contribution in [1.29, 1.82) is 0 Å². The van der Waals surface area contributed by atoms with Gasteiger partial charge in [0.05, 0.1) is 6.04 Å². The number of alkyl halides is 2. The Bertz CT molecular complexity index is 1910. The third-order valence-electron chi connectivity index (χ3n) is 8.92. The number of nitrogens with zero attached hydrogens (tertiary/aromatic N) is 8. The number of piperazine rings is 1. The largest absolute Gasteiger partial charge is 0.436 e. The molecule has 0 radical (unpaired) electrons. The molecule has 3 aromatic heterocycles. The molecule has 1 N–H and O–H groups in total. The van der Waals surface area contributed by atoms with E-state index in [-0.39, 0.29) is 41.3 Å². The number of tetrazole rings is 1. The maximum Gasteiger partial charge on any atom is 0.350 e. The first-order valence-electron chi connectivity index (χ1n) is 15.3. The zero-order valence-corrected chi connectivity index (χ0v) is 24.5. The van der Waals surface area contributed by atoms with Gasteiger partial charge in [0.1, 0.15) is 11.2 Å². The summed E-state index contributed by atoms with van der Waals surface area (Å²) >= 11 is 0. The van der Waals surface area contributed by atoms with Crippen LogP contribution in [0.1, 0.15) is 60.2 Å². The number of benzene rings is 2. The minimum absolute atomic E-state index is 0.0157. The Labute approximate surface area is 261 Å². The zero-order chi connectivity index (χ0) is 31.4. The van der Waals surface area contributed by atoms with Crippen LogP contribution in [0.25, 0.3) is 22.6 Å². The molecule has 8 rings (SSSR count). The zero-order valence-electron chi connectivity index (χ0n) is 24.5. The summed E-state index contributed by atoms with van der Waals surface area (Å²) in [7, 11) is 0. The van der Waals surface area contributed by atoms with Gasteiger partial charge in [0.15, 0.2) is 11.4 Å². The van der Waals surface area contributed by atoms with Crippen molar-refractivity contribution in [2.24, 2.45) is 5.92 Å². The number of halogens is 2. The van der Waals surface area contributed by atoms with Crippen molar-refractivity contribution in [3.8, 4) is 11.5 Å². The number of hydrogen-bond donors (Lipinski definition) is 1. The van der Waals surface area contributed by atoms with Crippen molar-refractivity contribution >= 4 is 28.6 Å². The SMILES string of the molecule is O=C(Nc1ccc2oc(-c3ccnc(C(=O)N4C5CCC4CN([C@@H](c4ccccc4)c4nnn(C(F)F)n4)C5)c3)nc2c1)C1CC1. The van der Waals surface area contributed by atoms with Crippen molar-refractivity contribution in [2.45, 2.75) is 50.4 Å². The predicted octanol–water partition coefficient (Wildman–Crippen LogP) is 4.70. The number of amides is 2. The lowest BCUT2D eigenvalue weighted by Gasteiger charge is -2.43. The number of anilines is 1. The summed E-state index contributed by atoms with van der Waals surface area (Å²) < 4.78 is 32.6. The smallest absolute Gasteiger partial charge is 0.350 e. The number of carbonyl (C=O) groups is 2. The van der Waals surface area contributed by atoms with Crippen molar-refractivity contribution in [1.82, 2.24) is 40.0 Å². The van der Waals surface area contributed by atoms with Gasteiger partial charge in [0.25, 0.3) is 5.91 Å². The van der Waals surface area contributed by atoms with Gasteiger partial charge in [-0.3, -0.25) is 19.5 Å². The second kappa shape index (κ2) is 11.4. The van der Waals surface area contributed by atoms with Gasteiger partial charge >= 0.3 is 6.55 Å². The van der Waals surface area contributed by atoms with Crippen LogP contribution >= 0.6 is 0 Å².